The maximum atomic E-state index is 12.9. The van der Waals surface area contributed by atoms with Crippen molar-refractivity contribution in [3.63, 3.8) is 0 Å². The number of hydrogen-bond donors (Lipinski definition) is 0. The van der Waals surface area contributed by atoms with Crippen molar-refractivity contribution >= 4 is 17.9 Å². The van der Waals surface area contributed by atoms with Gasteiger partial charge in [0.05, 0.1) is 0 Å². The van der Waals surface area contributed by atoms with Gasteiger partial charge in [0.15, 0.2) is 6.10 Å². The SMILES string of the molecule is CC/C=C/C/C=C/C/C=C/C/C=C/C/C=C/CCCCCC(=O)OC[C@@H](COC(=O)CCCCCCCCC/C=C/CCCCCCCC)OC(=O)CCCCCCCCC/C=C/CCCCCCCC. The van der Waals surface area contributed by atoms with Crippen molar-refractivity contribution in [2.24, 2.45) is 0 Å². The molecule has 0 saturated heterocycles. The van der Waals surface area contributed by atoms with Crippen LogP contribution in [0.4, 0.5) is 0 Å². The molecule has 0 spiro atoms. The molecule has 0 aliphatic carbocycles. The van der Waals surface area contributed by atoms with Crippen molar-refractivity contribution in [2.75, 3.05) is 13.2 Å². The summed E-state index contributed by atoms with van der Waals surface area (Å²) in [4.78, 5) is 38.2. The Bertz CT molecular complexity index is 1370. The van der Waals surface area contributed by atoms with E-state index in [-0.39, 0.29) is 31.1 Å². The molecule has 0 radical (unpaired) electrons. The molecule has 6 nitrogen and oxygen atoms in total. The summed E-state index contributed by atoms with van der Waals surface area (Å²) < 4.78 is 16.9. The lowest BCUT2D eigenvalue weighted by atomic mass is 10.1. The van der Waals surface area contributed by atoms with E-state index in [0.717, 1.165) is 96.3 Å². The number of esters is 3. The zero-order chi connectivity index (χ0) is 51.4. The van der Waals surface area contributed by atoms with Gasteiger partial charge in [0.25, 0.3) is 0 Å². The maximum Gasteiger partial charge on any atom is 0.306 e. The Morgan fingerprint density at radius 3 is 0.887 bits per heavy atom. The first-order valence-corrected chi connectivity index (χ1v) is 30.1. The van der Waals surface area contributed by atoms with Gasteiger partial charge in [-0.3, -0.25) is 14.4 Å². The van der Waals surface area contributed by atoms with E-state index >= 15 is 0 Å². The molecule has 0 saturated carbocycles. The molecule has 0 rings (SSSR count). The minimum Gasteiger partial charge on any atom is -0.462 e. The van der Waals surface area contributed by atoms with Gasteiger partial charge in [-0.1, -0.05) is 241 Å². The van der Waals surface area contributed by atoms with E-state index in [4.69, 9.17) is 14.2 Å². The topological polar surface area (TPSA) is 78.9 Å². The molecule has 71 heavy (non-hydrogen) atoms. The Kier molecular flexibility index (Phi) is 56.3. The number of carbonyl (C=O) groups is 3. The summed E-state index contributed by atoms with van der Waals surface area (Å²) in [5.41, 5.74) is 0. The summed E-state index contributed by atoms with van der Waals surface area (Å²) >= 11 is 0. The standard InChI is InChI=1S/C65H112O6/c1-4-7-10-13-16-19-22-25-28-31-32-35-37-40-43-46-49-52-55-58-64(67)70-61-62(71-65(68)59-56-53-50-47-44-41-38-34-30-27-24-21-18-15-12-9-6-3)60-69-63(66)57-54-51-48-45-42-39-36-33-29-26-23-20-17-14-11-8-5-2/h7,10,16,19,25-30,32,35,40,43,62H,4-6,8-9,11-15,17-18,20-24,31,33-34,36-39,41-42,44-61H2,1-3H3/b10-7+,19-16+,28-25+,29-26+,30-27+,35-32+,43-40+/t62-/m1/s1. The maximum absolute atomic E-state index is 12.9. The van der Waals surface area contributed by atoms with E-state index in [1.807, 2.05) is 0 Å². The Balaban J connectivity index is 4.45. The summed E-state index contributed by atoms with van der Waals surface area (Å²) in [5.74, 6) is -0.924. The lowest BCUT2D eigenvalue weighted by Gasteiger charge is -2.18. The average Bonchev–Trinajstić information content (AvgIpc) is 3.37. The van der Waals surface area contributed by atoms with E-state index in [1.54, 1.807) is 0 Å². The molecule has 0 bridgehead atoms. The monoisotopic (exact) mass is 989 g/mol. The Morgan fingerprint density at radius 2 is 0.549 bits per heavy atom. The summed E-state index contributed by atoms with van der Waals surface area (Å²) in [5, 5.41) is 0. The molecule has 408 valence electrons. The van der Waals surface area contributed by atoms with Crippen molar-refractivity contribution in [2.45, 2.75) is 297 Å². The number of allylic oxidation sites excluding steroid dienone is 14. The van der Waals surface area contributed by atoms with E-state index in [1.165, 1.54) is 154 Å². The minimum atomic E-state index is -0.795. The second-order valence-corrected chi connectivity index (χ2v) is 19.9. The van der Waals surface area contributed by atoms with Crippen molar-refractivity contribution < 1.29 is 28.6 Å². The van der Waals surface area contributed by atoms with Crippen LogP contribution in [0.3, 0.4) is 0 Å². The van der Waals surface area contributed by atoms with E-state index < -0.39 is 6.10 Å². The number of rotatable bonds is 54. The Labute approximate surface area is 439 Å². The molecule has 0 unspecified atom stereocenters. The molecule has 0 heterocycles. The van der Waals surface area contributed by atoms with Gasteiger partial charge in [0, 0.05) is 19.3 Å². The van der Waals surface area contributed by atoms with Crippen LogP contribution in [0.15, 0.2) is 85.1 Å². The highest BCUT2D eigenvalue weighted by atomic mass is 16.6. The predicted molar refractivity (Wildman–Crippen MR) is 307 cm³/mol. The third-order valence-electron chi connectivity index (χ3n) is 12.9. The first kappa shape index (κ1) is 67.6. The fourth-order valence-corrected chi connectivity index (χ4v) is 8.34. The van der Waals surface area contributed by atoms with Crippen molar-refractivity contribution in [1.29, 1.82) is 0 Å². The van der Waals surface area contributed by atoms with Crippen LogP contribution < -0.4 is 0 Å². The minimum absolute atomic E-state index is 0.0905. The van der Waals surface area contributed by atoms with E-state index in [2.05, 4.69) is 106 Å². The smallest absolute Gasteiger partial charge is 0.306 e. The lowest BCUT2D eigenvalue weighted by molar-refractivity contribution is -0.167. The quantitative estimate of drug-likeness (QED) is 0.0261. The van der Waals surface area contributed by atoms with Crippen LogP contribution in [0, 0.1) is 0 Å². The molecule has 0 amide bonds. The molecule has 0 aliphatic heterocycles. The van der Waals surface area contributed by atoms with Crippen molar-refractivity contribution in [1.82, 2.24) is 0 Å². The zero-order valence-corrected chi connectivity index (χ0v) is 46.7. The summed E-state index contributed by atoms with van der Waals surface area (Å²) in [6.07, 6.45) is 77.1. The molecule has 6 heteroatoms. The molecule has 0 aromatic rings. The summed E-state index contributed by atoms with van der Waals surface area (Å²) in [7, 11) is 0. The van der Waals surface area contributed by atoms with Crippen molar-refractivity contribution in [3.8, 4) is 0 Å². The van der Waals surface area contributed by atoms with Gasteiger partial charge >= 0.3 is 17.9 Å². The number of ether oxygens (including phenoxy) is 3. The van der Waals surface area contributed by atoms with Gasteiger partial charge in [-0.25, -0.2) is 0 Å². The van der Waals surface area contributed by atoms with E-state index in [0.29, 0.717) is 19.3 Å². The van der Waals surface area contributed by atoms with Crippen LogP contribution in [0.5, 0.6) is 0 Å². The van der Waals surface area contributed by atoms with Crippen LogP contribution in [-0.2, 0) is 28.6 Å². The third kappa shape index (κ3) is 57.4. The van der Waals surface area contributed by atoms with Crippen LogP contribution in [0.1, 0.15) is 290 Å². The van der Waals surface area contributed by atoms with Gasteiger partial charge in [-0.2, -0.15) is 0 Å². The molecule has 0 fully saturated rings. The molecule has 0 aromatic heterocycles. The highest BCUT2D eigenvalue weighted by Gasteiger charge is 2.19. The molecule has 0 aromatic carbocycles. The molecule has 0 N–H and O–H groups in total. The van der Waals surface area contributed by atoms with Gasteiger partial charge in [-0.15, -0.1) is 0 Å². The van der Waals surface area contributed by atoms with E-state index in [9.17, 15) is 14.4 Å². The van der Waals surface area contributed by atoms with Crippen LogP contribution in [0.25, 0.3) is 0 Å². The molecule has 1 atom stereocenters. The first-order valence-electron chi connectivity index (χ1n) is 30.1. The molecular weight excluding hydrogens is 877 g/mol. The zero-order valence-electron chi connectivity index (χ0n) is 46.7. The molecular formula is C65H112O6. The predicted octanol–water partition coefficient (Wildman–Crippen LogP) is 20.3. The average molecular weight is 990 g/mol. The Hall–Kier alpha value is -3.41. The first-order chi connectivity index (χ1) is 35.0. The van der Waals surface area contributed by atoms with Crippen LogP contribution in [-0.4, -0.2) is 37.2 Å². The van der Waals surface area contributed by atoms with Crippen LogP contribution in [0.2, 0.25) is 0 Å². The highest BCUT2D eigenvalue weighted by molar-refractivity contribution is 5.71. The fourth-order valence-electron chi connectivity index (χ4n) is 8.34. The van der Waals surface area contributed by atoms with Gasteiger partial charge < -0.3 is 14.2 Å². The normalized spacial score (nSPS) is 12.7. The third-order valence-corrected chi connectivity index (χ3v) is 12.9. The summed E-state index contributed by atoms with van der Waals surface area (Å²) in [6.45, 7) is 6.50. The largest absolute Gasteiger partial charge is 0.462 e. The lowest BCUT2D eigenvalue weighted by Crippen LogP contribution is -2.30. The second kappa shape index (κ2) is 59.2. The highest BCUT2D eigenvalue weighted by Crippen LogP contribution is 2.15. The number of unbranched alkanes of at least 4 members (excludes halogenated alkanes) is 29. The Morgan fingerprint density at radius 1 is 0.296 bits per heavy atom. The molecule has 0 aliphatic rings. The number of carbonyl (C=O) groups excluding carboxylic acids is 3. The fraction of sp³-hybridized carbons (Fsp3) is 0.738. The van der Waals surface area contributed by atoms with Crippen LogP contribution >= 0.6 is 0 Å². The van der Waals surface area contributed by atoms with Gasteiger partial charge in [0.1, 0.15) is 13.2 Å². The van der Waals surface area contributed by atoms with Crippen molar-refractivity contribution in [3.05, 3.63) is 85.1 Å². The van der Waals surface area contributed by atoms with Gasteiger partial charge in [0.2, 0.25) is 0 Å². The second-order valence-electron chi connectivity index (χ2n) is 19.9. The van der Waals surface area contributed by atoms with Gasteiger partial charge in [-0.05, 0) is 116 Å². The summed E-state index contributed by atoms with van der Waals surface area (Å²) in [6, 6.07) is 0. The number of hydrogen-bond acceptors (Lipinski definition) is 6.